The Morgan fingerprint density at radius 3 is 2.16 bits per heavy atom. The van der Waals surface area contributed by atoms with Crippen LogP contribution in [0.3, 0.4) is 0 Å². The molecule has 0 radical (unpaired) electrons. The predicted molar refractivity (Wildman–Crippen MR) is 122 cm³/mol. The third-order valence-electron chi connectivity index (χ3n) is 4.65. The van der Waals surface area contributed by atoms with Crippen molar-refractivity contribution in [1.29, 1.82) is 0 Å². The number of hydrogen-bond acceptors (Lipinski definition) is 4. The van der Waals surface area contributed by atoms with Gasteiger partial charge in [0.2, 0.25) is 0 Å². The number of anilines is 1. The first kappa shape index (κ1) is 22.4. The number of benzene rings is 3. The van der Waals surface area contributed by atoms with Crippen molar-refractivity contribution in [1.82, 2.24) is 5.32 Å². The highest BCUT2D eigenvalue weighted by Gasteiger charge is 2.14. The molecule has 31 heavy (non-hydrogen) atoms. The number of sulfonamides is 1. The molecule has 0 aliphatic heterocycles. The lowest BCUT2D eigenvalue weighted by atomic mass is 10.1. The van der Waals surface area contributed by atoms with E-state index < -0.39 is 10.0 Å². The summed E-state index contributed by atoms with van der Waals surface area (Å²) < 4.78 is 32.9. The minimum atomic E-state index is -3.69. The molecule has 0 aromatic heterocycles. The minimum absolute atomic E-state index is 0.0212. The van der Waals surface area contributed by atoms with Crippen LogP contribution in [0.25, 0.3) is 0 Å². The van der Waals surface area contributed by atoms with Gasteiger partial charge in [-0.3, -0.25) is 9.52 Å². The number of carbonyl (C=O) groups excluding carboxylic acids is 1. The summed E-state index contributed by atoms with van der Waals surface area (Å²) in [6.45, 7) is 1.82. The maximum Gasteiger partial charge on any atom is 0.261 e. The molecule has 0 aliphatic rings. The Kier molecular flexibility index (Phi) is 7.67. The van der Waals surface area contributed by atoms with E-state index in [1.54, 1.807) is 24.3 Å². The van der Waals surface area contributed by atoms with E-state index in [0.29, 0.717) is 11.4 Å². The van der Waals surface area contributed by atoms with Gasteiger partial charge < -0.3 is 10.1 Å². The van der Waals surface area contributed by atoms with E-state index in [-0.39, 0.29) is 23.5 Å². The van der Waals surface area contributed by atoms with Crippen molar-refractivity contribution >= 4 is 21.6 Å². The first-order valence-corrected chi connectivity index (χ1v) is 11.5. The largest absolute Gasteiger partial charge is 0.484 e. The van der Waals surface area contributed by atoms with Crippen LogP contribution in [0, 0.1) is 0 Å². The van der Waals surface area contributed by atoms with Crippen molar-refractivity contribution < 1.29 is 17.9 Å². The summed E-state index contributed by atoms with van der Waals surface area (Å²) in [6, 6.07) is 24.8. The second-order valence-electron chi connectivity index (χ2n) is 7.22. The summed E-state index contributed by atoms with van der Waals surface area (Å²) in [4.78, 5) is 12.2. The average Bonchev–Trinajstić information content (AvgIpc) is 2.78. The highest BCUT2D eigenvalue weighted by Crippen LogP contribution is 2.19. The zero-order valence-electron chi connectivity index (χ0n) is 17.3. The fourth-order valence-corrected chi connectivity index (χ4v) is 4.06. The molecule has 3 rings (SSSR count). The smallest absolute Gasteiger partial charge is 0.261 e. The molecular formula is C24H26N2O4S. The number of carbonyl (C=O) groups is 1. The Balaban J connectivity index is 1.45. The number of para-hydroxylation sites is 1. The molecule has 6 nitrogen and oxygen atoms in total. The number of nitrogens with one attached hydrogen (secondary N) is 2. The number of rotatable bonds is 10. The molecule has 0 spiro atoms. The molecule has 0 heterocycles. The van der Waals surface area contributed by atoms with Gasteiger partial charge in [-0.05, 0) is 61.7 Å². The lowest BCUT2D eigenvalue weighted by Gasteiger charge is -2.14. The van der Waals surface area contributed by atoms with Crippen LogP contribution in [0.15, 0.2) is 89.8 Å². The van der Waals surface area contributed by atoms with Crippen LogP contribution in [-0.2, 0) is 21.2 Å². The summed E-state index contributed by atoms with van der Waals surface area (Å²) >= 11 is 0. The predicted octanol–water partition coefficient (Wildman–Crippen LogP) is 4.00. The van der Waals surface area contributed by atoms with Crippen LogP contribution < -0.4 is 14.8 Å². The summed E-state index contributed by atoms with van der Waals surface area (Å²) in [5.41, 5.74) is 1.72. The van der Waals surface area contributed by atoms with Crippen molar-refractivity contribution in [2.45, 2.75) is 30.7 Å². The van der Waals surface area contributed by atoms with Crippen LogP contribution in [0.2, 0.25) is 0 Å². The van der Waals surface area contributed by atoms with Gasteiger partial charge in [-0.2, -0.15) is 0 Å². The zero-order valence-corrected chi connectivity index (χ0v) is 18.1. The fraction of sp³-hybridized carbons (Fsp3) is 0.208. The topological polar surface area (TPSA) is 84.5 Å². The molecule has 3 aromatic rings. The lowest BCUT2D eigenvalue weighted by Crippen LogP contribution is -2.36. The molecule has 0 saturated carbocycles. The van der Waals surface area contributed by atoms with E-state index in [0.717, 1.165) is 12.8 Å². The molecule has 0 unspecified atom stereocenters. The van der Waals surface area contributed by atoms with Gasteiger partial charge in [-0.1, -0.05) is 48.5 Å². The Morgan fingerprint density at radius 2 is 1.52 bits per heavy atom. The Bertz CT molecular complexity index is 1070. The highest BCUT2D eigenvalue weighted by atomic mass is 32.2. The normalized spacial score (nSPS) is 12.0. The third-order valence-corrected chi connectivity index (χ3v) is 6.04. The van der Waals surface area contributed by atoms with Crippen LogP contribution in [0.5, 0.6) is 5.75 Å². The van der Waals surface area contributed by atoms with Crippen molar-refractivity contribution in [3.63, 3.8) is 0 Å². The Labute approximate surface area is 183 Å². The molecule has 2 N–H and O–H groups in total. The quantitative estimate of drug-likeness (QED) is 0.501. The van der Waals surface area contributed by atoms with Gasteiger partial charge in [0, 0.05) is 11.7 Å². The van der Waals surface area contributed by atoms with Gasteiger partial charge in [0.25, 0.3) is 15.9 Å². The van der Waals surface area contributed by atoms with E-state index >= 15 is 0 Å². The highest BCUT2D eigenvalue weighted by molar-refractivity contribution is 7.92. The molecule has 7 heteroatoms. The van der Waals surface area contributed by atoms with Crippen molar-refractivity contribution in [3.05, 3.63) is 90.5 Å². The molecule has 162 valence electrons. The second kappa shape index (κ2) is 10.6. The maximum absolute atomic E-state index is 12.4. The van der Waals surface area contributed by atoms with Gasteiger partial charge >= 0.3 is 0 Å². The van der Waals surface area contributed by atoms with Crippen molar-refractivity contribution in [2.24, 2.45) is 0 Å². The van der Waals surface area contributed by atoms with Crippen molar-refractivity contribution in [2.75, 3.05) is 11.3 Å². The second-order valence-corrected chi connectivity index (χ2v) is 8.91. The lowest BCUT2D eigenvalue weighted by molar-refractivity contribution is -0.123. The van der Waals surface area contributed by atoms with E-state index in [1.165, 1.54) is 29.8 Å². The molecular weight excluding hydrogens is 412 g/mol. The molecule has 0 bridgehead atoms. The van der Waals surface area contributed by atoms with Crippen molar-refractivity contribution in [3.8, 4) is 5.75 Å². The average molecular weight is 439 g/mol. The van der Waals surface area contributed by atoms with E-state index in [2.05, 4.69) is 22.2 Å². The van der Waals surface area contributed by atoms with Crippen LogP contribution >= 0.6 is 0 Å². The zero-order chi connectivity index (χ0) is 22.1. The third kappa shape index (κ3) is 7.15. The summed E-state index contributed by atoms with van der Waals surface area (Å²) in [7, 11) is -3.69. The van der Waals surface area contributed by atoms with E-state index in [4.69, 9.17) is 4.74 Å². The van der Waals surface area contributed by atoms with Crippen LogP contribution in [0.4, 0.5) is 5.69 Å². The summed E-state index contributed by atoms with van der Waals surface area (Å²) in [5, 5.41) is 2.91. The van der Waals surface area contributed by atoms with Crippen LogP contribution in [-0.4, -0.2) is 27.0 Å². The molecule has 0 fully saturated rings. The van der Waals surface area contributed by atoms with E-state index in [1.807, 2.05) is 31.2 Å². The molecule has 0 saturated heterocycles. The molecule has 1 atom stereocenters. The number of hydrogen-bond donors (Lipinski definition) is 2. The van der Waals surface area contributed by atoms with Crippen LogP contribution in [0.1, 0.15) is 18.9 Å². The number of aryl methyl sites for hydroxylation is 1. The standard InChI is InChI=1S/C24H26N2O4S/c1-19(12-13-20-8-4-2-5-9-20)25-24(27)18-30-22-14-16-23(17-15-22)31(28,29)26-21-10-6-3-7-11-21/h2-11,14-17,19,26H,12-13,18H2,1H3,(H,25,27)/t19-/m1/s1. The number of ether oxygens (including phenoxy) is 1. The summed E-state index contributed by atoms with van der Waals surface area (Å²) in [6.07, 6.45) is 1.72. The SMILES string of the molecule is C[C@H](CCc1ccccc1)NC(=O)COc1ccc(S(=O)(=O)Nc2ccccc2)cc1. The molecule has 0 aliphatic carbocycles. The Morgan fingerprint density at radius 1 is 0.903 bits per heavy atom. The minimum Gasteiger partial charge on any atom is -0.484 e. The Hall–Kier alpha value is -3.32. The molecule has 1 amide bonds. The van der Waals surface area contributed by atoms with Gasteiger partial charge in [0.1, 0.15) is 5.75 Å². The molecule has 3 aromatic carbocycles. The maximum atomic E-state index is 12.4. The van der Waals surface area contributed by atoms with Gasteiger partial charge in [0.15, 0.2) is 6.61 Å². The first-order valence-electron chi connectivity index (χ1n) is 10.1. The van der Waals surface area contributed by atoms with Gasteiger partial charge in [0.05, 0.1) is 4.90 Å². The summed E-state index contributed by atoms with van der Waals surface area (Å²) in [5.74, 6) is 0.203. The monoisotopic (exact) mass is 438 g/mol. The fourth-order valence-electron chi connectivity index (χ4n) is 3.00. The number of amides is 1. The van der Waals surface area contributed by atoms with Gasteiger partial charge in [-0.25, -0.2) is 8.42 Å². The van der Waals surface area contributed by atoms with E-state index in [9.17, 15) is 13.2 Å². The first-order chi connectivity index (χ1) is 14.9. The van der Waals surface area contributed by atoms with Gasteiger partial charge in [-0.15, -0.1) is 0 Å².